The van der Waals surface area contributed by atoms with Crippen LogP contribution in [0, 0.1) is 5.41 Å². The van der Waals surface area contributed by atoms with Gasteiger partial charge in [-0.2, -0.15) is 5.10 Å². The number of likely N-dealkylation sites (N-methyl/N-ethyl adjacent to an activating group) is 1. The SMILES string of the molecule is CN(C)CCNC(=O)Cn1cc(NCC(C)(C)C)cn1. The summed E-state index contributed by atoms with van der Waals surface area (Å²) in [6.45, 7) is 9.12. The summed E-state index contributed by atoms with van der Waals surface area (Å²) in [6.07, 6.45) is 3.61. The predicted molar refractivity (Wildman–Crippen MR) is 81.7 cm³/mol. The third-order valence-electron chi connectivity index (χ3n) is 2.64. The van der Waals surface area contributed by atoms with Gasteiger partial charge >= 0.3 is 0 Å². The Balaban J connectivity index is 2.34. The number of carbonyl (C=O) groups excluding carboxylic acids is 1. The fourth-order valence-corrected chi connectivity index (χ4v) is 1.53. The van der Waals surface area contributed by atoms with Crippen LogP contribution in [0.1, 0.15) is 20.8 Å². The van der Waals surface area contributed by atoms with Crippen molar-refractivity contribution < 1.29 is 4.79 Å². The number of amides is 1. The molecule has 1 heterocycles. The van der Waals surface area contributed by atoms with Crippen molar-refractivity contribution in [3.63, 3.8) is 0 Å². The number of nitrogens with zero attached hydrogens (tertiary/aromatic N) is 3. The van der Waals surface area contributed by atoms with E-state index in [1.165, 1.54) is 0 Å². The smallest absolute Gasteiger partial charge is 0.241 e. The normalized spacial score (nSPS) is 11.7. The van der Waals surface area contributed by atoms with Gasteiger partial charge in [-0.1, -0.05) is 20.8 Å². The highest BCUT2D eigenvalue weighted by molar-refractivity contribution is 5.75. The van der Waals surface area contributed by atoms with Crippen LogP contribution in [0.25, 0.3) is 0 Å². The van der Waals surface area contributed by atoms with Crippen molar-refractivity contribution in [1.82, 2.24) is 20.0 Å². The summed E-state index contributed by atoms with van der Waals surface area (Å²) in [5, 5.41) is 10.4. The van der Waals surface area contributed by atoms with Crippen LogP contribution < -0.4 is 10.6 Å². The van der Waals surface area contributed by atoms with Crippen LogP contribution in [0.5, 0.6) is 0 Å². The highest BCUT2D eigenvalue weighted by Crippen LogP contribution is 2.14. The molecule has 2 N–H and O–H groups in total. The second-order valence-electron chi connectivity index (χ2n) is 6.49. The molecule has 0 saturated heterocycles. The molecule has 6 heteroatoms. The van der Waals surface area contributed by atoms with Gasteiger partial charge in [0.15, 0.2) is 0 Å². The highest BCUT2D eigenvalue weighted by Gasteiger charge is 2.10. The number of hydrogen-bond donors (Lipinski definition) is 2. The first-order chi connectivity index (χ1) is 9.26. The molecule has 114 valence electrons. The Morgan fingerprint density at radius 3 is 2.70 bits per heavy atom. The van der Waals surface area contributed by atoms with Crippen molar-refractivity contribution in [3.8, 4) is 0 Å². The van der Waals surface area contributed by atoms with Crippen LogP contribution in [0.3, 0.4) is 0 Å². The second kappa shape index (κ2) is 7.28. The van der Waals surface area contributed by atoms with Crippen molar-refractivity contribution in [2.45, 2.75) is 27.3 Å². The van der Waals surface area contributed by atoms with Gasteiger partial charge in [0.1, 0.15) is 6.54 Å². The first-order valence-corrected chi connectivity index (χ1v) is 6.94. The maximum atomic E-state index is 11.7. The van der Waals surface area contributed by atoms with Crippen LogP contribution in [0.2, 0.25) is 0 Å². The van der Waals surface area contributed by atoms with E-state index in [1.807, 2.05) is 25.2 Å². The summed E-state index contributed by atoms with van der Waals surface area (Å²) in [5.41, 5.74) is 1.16. The summed E-state index contributed by atoms with van der Waals surface area (Å²) < 4.78 is 1.65. The Morgan fingerprint density at radius 1 is 1.40 bits per heavy atom. The molecule has 1 aromatic rings. The average Bonchev–Trinajstić information content (AvgIpc) is 2.72. The Labute approximate surface area is 121 Å². The first-order valence-electron chi connectivity index (χ1n) is 6.94. The van der Waals surface area contributed by atoms with Gasteiger partial charge in [-0.25, -0.2) is 0 Å². The van der Waals surface area contributed by atoms with Gasteiger partial charge in [0, 0.05) is 25.8 Å². The van der Waals surface area contributed by atoms with Crippen molar-refractivity contribution in [2.24, 2.45) is 5.41 Å². The Hall–Kier alpha value is -1.56. The summed E-state index contributed by atoms with van der Waals surface area (Å²) in [4.78, 5) is 13.7. The molecule has 6 nitrogen and oxygen atoms in total. The lowest BCUT2D eigenvalue weighted by molar-refractivity contribution is -0.121. The fourth-order valence-electron chi connectivity index (χ4n) is 1.53. The molecular weight excluding hydrogens is 254 g/mol. The van der Waals surface area contributed by atoms with Gasteiger partial charge in [-0.3, -0.25) is 9.48 Å². The fraction of sp³-hybridized carbons (Fsp3) is 0.714. The van der Waals surface area contributed by atoms with Gasteiger partial charge in [-0.15, -0.1) is 0 Å². The minimum atomic E-state index is -0.0164. The largest absolute Gasteiger partial charge is 0.382 e. The number of rotatable bonds is 7. The van der Waals surface area contributed by atoms with E-state index >= 15 is 0 Å². The maximum Gasteiger partial charge on any atom is 0.241 e. The van der Waals surface area contributed by atoms with Crippen molar-refractivity contribution in [1.29, 1.82) is 0 Å². The van der Waals surface area contributed by atoms with Gasteiger partial charge in [0.05, 0.1) is 11.9 Å². The molecule has 0 aliphatic heterocycles. The van der Waals surface area contributed by atoms with E-state index in [2.05, 4.69) is 36.5 Å². The summed E-state index contributed by atoms with van der Waals surface area (Å²) in [7, 11) is 3.96. The topological polar surface area (TPSA) is 62.2 Å². The van der Waals surface area contributed by atoms with E-state index < -0.39 is 0 Å². The average molecular weight is 281 g/mol. The number of hydrogen-bond acceptors (Lipinski definition) is 4. The van der Waals surface area contributed by atoms with Crippen LogP contribution in [0.15, 0.2) is 12.4 Å². The quantitative estimate of drug-likeness (QED) is 0.783. The molecule has 20 heavy (non-hydrogen) atoms. The molecule has 1 amide bonds. The zero-order valence-corrected chi connectivity index (χ0v) is 13.2. The summed E-state index contributed by atoms with van der Waals surface area (Å²) in [5.74, 6) is -0.0164. The molecule has 0 atom stereocenters. The van der Waals surface area contributed by atoms with Gasteiger partial charge < -0.3 is 15.5 Å². The van der Waals surface area contributed by atoms with E-state index in [0.717, 1.165) is 18.8 Å². The molecule has 0 spiro atoms. The first kappa shape index (κ1) is 16.5. The lowest BCUT2D eigenvalue weighted by Crippen LogP contribution is -2.33. The molecule has 0 aliphatic carbocycles. The van der Waals surface area contributed by atoms with Gasteiger partial charge in [0.25, 0.3) is 0 Å². The molecule has 0 fully saturated rings. The minimum absolute atomic E-state index is 0.0164. The Kier molecular flexibility index (Phi) is 6.01. The van der Waals surface area contributed by atoms with Gasteiger partial charge in [-0.05, 0) is 19.5 Å². The molecule has 0 radical (unpaired) electrons. The monoisotopic (exact) mass is 281 g/mol. The van der Waals surface area contributed by atoms with Crippen molar-refractivity contribution in [3.05, 3.63) is 12.4 Å². The highest BCUT2D eigenvalue weighted by atomic mass is 16.2. The van der Waals surface area contributed by atoms with E-state index in [1.54, 1.807) is 10.9 Å². The second-order valence-corrected chi connectivity index (χ2v) is 6.49. The van der Waals surface area contributed by atoms with Gasteiger partial charge in [0.2, 0.25) is 5.91 Å². The lowest BCUT2D eigenvalue weighted by Gasteiger charge is -2.18. The number of aromatic nitrogens is 2. The van der Waals surface area contributed by atoms with Crippen LogP contribution in [0.4, 0.5) is 5.69 Å². The molecule has 1 aromatic heterocycles. The van der Waals surface area contributed by atoms with Crippen molar-refractivity contribution >= 4 is 11.6 Å². The van der Waals surface area contributed by atoms with E-state index in [0.29, 0.717) is 6.54 Å². The van der Waals surface area contributed by atoms with Crippen LogP contribution in [-0.4, -0.2) is 54.3 Å². The minimum Gasteiger partial charge on any atom is -0.382 e. The Morgan fingerprint density at radius 2 is 2.10 bits per heavy atom. The van der Waals surface area contributed by atoms with Crippen LogP contribution in [-0.2, 0) is 11.3 Å². The van der Waals surface area contributed by atoms with E-state index in [-0.39, 0.29) is 17.9 Å². The zero-order chi connectivity index (χ0) is 15.2. The predicted octanol–water partition coefficient (Wildman–Crippen LogP) is 1.02. The third-order valence-corrected chi connectivity index (χ3v) is 2.64. The number of nitrogens with one attached hydrogen (secondary N) is 2. The Bertz CT molecular complexity index is 419. The molecule has 0 unspecified atom stereocenters. The number of anilines is 1. The zero-order valence-electron chi connectivity index (χ0n) is 13.2. The number of carbonyl (C=O) groups is 1. The van der Waals surface area contributed by atoms with Crippen LogP contribution >= 0.6 is 0 Å². The van der Waals surface area contributed by atoms with Crippen molar-refractivity contribution in [2.75, 3.05) is 39.0 Å². The summed E-state index contributed by atoms with van der Waals surface area (Å²) >= 11 is 0. The third kappa shape index (κ3) is 7.13. The molecular formula is C14H27N5O. The summed E-state index contributed by atoms with van der Waals surface area (Å²) in [6, 6.07) is 0. The molecule has 0 aliphatic rings. The standard InChI is InChI=1S/C14H27N5O/c1-14(2,3)11-16-12-8-17-19(9-12)10-13(20)15-6-7-18(4)5/h8-9,16H,6-7,10-11H2,1-5H3,(H,15,20). The van der Waals surface area contributed by atoms with E-state index in [9.17, 15) is 4.79 Å². The molecule has 0 bridgehead atoms. The lowest BCUT2D eigenvalue weighted by atomic mass is 9.97. The van der Waals surface area contributed by atoms with E-state index in [4.69, 9.17) is 0 Å². The molecule has 1 rings (SSSR count). The molecule has 0 aromatic carbocycles. The molecule has 0 saturated carbocycles. The maximum absolute atomic E-state index is 11.7.